The Balaban J connectivity index is 1.79. The molecule has 20 heavy (non-hydrogen) atoms. The number of ether oxygens (including phenoxy) is 1. The van der Waals surface area contributed by atoms with Gasteiger partial charge in [0.1, 0.15) is 5.82 Å². The van der Waals surface area contributed by atoms with Crippen molar-refractivity contribution in [3.8, 4) is 0 Å². The summed E-state index contributed by atoms with van der Waals surface area (Å²) in [5.74, 6) is -0.148. The van der Waals surface area contributed by atoms with Gasteiger partial charge in [-0.05, 0) is 44.1 Å². The zero-order valence-corrected chi connectivity index (χ0v) is 12.1. The molecule has 2 nitrogen and oxygen atoms in total. The highest BCUT2D eigenvalue weighted by Crippen LogP contribution is 2.45. The van der Waals surface area contributed by atoms with Gasteiger partial charge in [-0.15, -0.1) is 0 Å². The third kappa shape index (κ3) is 2.49. The van der Waals surface area contributed by atoms with Crippen LogP contribution in [0.15, 0.2) is 18.2 Å². The molecule has 1 saturated heterocycles. The van der Waals surface area contributed by atoms with Gasteiger partial charge in [-0.25, -0.2) is 4.39 Å². The number of hydrogen-bond donors (Lipinski definition) is 1. The Labute approximate surface area is 120 Å². The van der Waals surface area contributed by atoms with E-state index in [0.29, 0.717) is 17.7 Å². The predicted octanol–water partition coefficient (Wildman–Crippen LogP) is 3.91. The summed E-state index contributed by atoms with van der Waals surface area (Å²) in [5, 5.41) is 10.6. The second-order valence-corrected chi connectivity index (χ2v) is 6.41. The summed E-state index contributed by atoms with van der Waals surface area (Å²) >= 11 is 0. The lowest BCUT2D eigenvalue weighted by molar-refractivity contribution is -0.113. The molecular formula is C17H23FO2. The summed E-state index contributed by atoms with van der Waals surface area (Å²) in [5.41, 5.74) is 1.01. The van der Waals surface area contributed by atoms with E-state index < -0.39 is 6.10 Å². The Bertz CT molecular complexity index is 480. The van der Waals surface area contributed by atoms with Crippen LogP contribution in [0.2, 0.25) is 0 Å². The van der Waals surface area contributed by atoms with Crippen LogP contribution >= 0.6 is 0 Å². The first kappa shape index (κ1) is 14.0. The maximum atomic E-state index is 14.2. The third-order valence-electron chi connectivity index (χ3n) is 5.03. The quantitative estimate of drug-likeness (QED) is 0.889. The normalized spacial score (nSPS) is 26.9. The Morgan fingerprint density at radius 3 is 2.85 bits per heavy atom. The highest BCUT2D eigenvalue weighted by Gasteiger charge is 2.42. The topological polar surface area (TPSA) is 29.5 Å². The zero-order chi connectivity index (χ0) is 14.2. The molecule has 0 radical (unpaired) electrons. The molecule has 0 amide bonds. The number of aliphatic hydroxyl groups excluding tert-OH is 1. The summed E-state index contributed by atoms with van der Waals surface area (Å²) < 4.78 is 20.2. The first-order chi connectivity index (χ1) is 9.61. The minimum atomic E-state index is -0.712. The maximum absolute atomic E-state index is 14.2. The Kier molecular flexibility index (Phi) is 3.83. The van der Waals surface area contributed by atoms with Gasteiger partial charge < -0.3 is 9.84 Å². The molecule has 110 valence electrons. The minimum absolute atomic E-state index is 0.0375. The molecule has 3 heteroatoms. The van der Waals surface area contributed by atoms with Crippen molar-refractivity contribution in [2.24, 2.45) is 5.92 Å². The average Bonchev–Trinajstić information content (AvgIpc) is 2.89. The molecule has 2 aliphatic rings. The van der Waals surface area contributed by atoms with Gasteiger partial charge in [0.25, 0.3) is 0 Å². The fourth-order valence-electron chi connectivity index (χ4n) is 3.86. The van der Waals surface area contributed by atoms with Gasteiger partial charge in [0.05, 0.1) is 11.7 Å². The van der Waals surface area contributed by atoms with Crippen molar-refractivity contribution < 1.29 is 14.2 Å². The van der Waals surface area contributed by atoms with Crippen LogP contribution in [-0.4, -0.2) is 17.3 Å². The number of aryl methyl sites for hydroxylation is 1. The van der Waals surface area contributed by atoms with Gasteiger partial charge in [-0.2, -0.15) is 0 Å². The van der Waals surface area contributed by atoms with E-state index in [1.54, 1.807) is 19.1 Å². The number of hydrogen-bond acceptors (Lipinski definition) is 2. The van der Waals surface area contributed by atoms with Crippen molar-refractivity contribution in [1.82, 2.24) is 0 Å². The molecule has 0 aromatic heterocycles. The second kappa shape index (κ2) is 5.45. The fourth-order valence-corrected chi connectivity index (χ4v) is 3.86. The standard InChI is InChI=1S/C17H23FO2/c1-12-5-4-6-14(15(12)18)16(19)13-7-10-20-17(11-13)8-2-3-9-17/h4-6,13,16,19H,2-3,7-11H2,1H3. The molecule has 1 aliphatic carbocycles. The Morgan fingerprint density at radius 1 is 1.35 bits per heavy atom. The van der Waals surface area contributed by atoms with E-state index in [9.17, 15) is 9.50 Å². The van der Waals surface area contributed by atoms with Gasteiger partial charge in [0.2, 0.25) is 0 Å². The molecule has 1 aromatic carbocycles. The summed E-state index contributed by atoms with van der Waals surface area (Å²) in [6.07, 6.45) is 5.57. The molecule has 0 bridgehead atoms. The van der Waals surface area contributed by atoms with Crippen LogP contribution in [0.5, 0.6) is 0 Å². The van der Waals surface area contributed by atoms with Crippen LogP contribution in [0.25, 0.3) is 0 Å². The molecule has 2 unspecified atom stereocenters. The summed E-state index contributed by atoms with van der Waals surface area (Å²) in [4.78, 5) is 0. The monoisotopic (exact) mass is 278 g/mol. The Morgan fingerprint density at radius 2 is 2.10 bits per heavy atom. The lowest BCUT2D eigenvalue weighted by Crippen LogP contribution is -2.39. The average molecular weight is 278 g/mol. The number of halogens is 1. The Hall–Kier alpha value is -0.930. The summed E-state index contributed by atoms with van der Waals surface area (Å²) in [6.45, 7) is 2.43. The highest BCUT2D eigenvalue weighted by atomic mass is 19.1. The summed E-state index contributed by atoms with van der Waals surface area (Å²) in [7, 11) is 0. The van der Waals surface area contributed by atoms with E-state index in [2.05, 4.69) is 0 Å². The number of aliphatic hydroxyl groups is 1. The van der Waals surface area contributed by atoms with Gasteiger partial charge in [-0.3, -0.25) is 0 Å². The predicted molar refractivity (Wildman–Crippen MR) is 76.0 cm³/mol. The van der Waals surface area contributed by atoms with Gasteiger partial charge >= 0.3 is 0 Å². The number of rotatable bonds is 2. The zero-order valence-electron chi connectivity index (χ0n) is 12.1. The molecular weight excluding hydrogens is 255 g/mol. The molecule has 1 N–H and O–H groups in total. The fraction of sp³-hybridized carbons (Fsp3) is 0.647. The molecule has 1 saturated carbocycles. The van der Waals surface area contributed by atoms with Gasteiger partial charge in [-0.1, -0.05) is 31.0 Å². The van der Waals surface area contributed by atoms with E-state index in [-0.39, 0.29) is 17.3 Å². The molecule has 2 atom stereocenters. The molecule has 3 rings (SSSR count). The van der Waals surface area contributed by atoms with E-state index in [1.807, 2.05) is 6.07 Å². The molecule has 1 spiro atoms. The molecule has 1 aromatic rings. The van der Waals surface area contributed by atoms with Crippen LogP contribution < -0.4 is 0 Å². The van der Waals surface area contributed by atoms with Gasteiger partial charge in [0, 0.05) is 12.2 Å². The lowest BCUT2D eigenvalue weighted by Gasteiger charge is -2.40. The van der Waals surface area contributed by atoms with Crippen molar-refractivity contribution in [2.75, 3.05) is 6.61 Å². The van der Waals surface area contributed by atoms with Crippen molar-refractivity contribution >= 4 is 0 Å². The molecule has 1 aliphatic heterocycles. The van der Waals surface area contributed by atoms with E-state index in [1.165, 1.54) is 12.8 Å². The van der Waals surface area contributed by atoms with Crippen LogP contribution in [0.3, 0.4) is 0 Å². The molecule has 2 fully saturated rings. The second-order valence-electron chi connectivity index (χ2n) is 6.41. The van der Waals surface area contributed by atoms with Crippen LogP contribution in [-0.2, 0) is 4.74 Å². The van der Waals surface area contributed by atoms with Crippen molar-refractivity contribution in [3.63, 3.8) is 0 Å². The largest absolute Gasteiger partial charge is 0.388 e. The SMILES string of the molecule is Cc1cccc(C(O)C2CCOC3(CCCC3)C2)c1F. The lowest BCUT2D eigenvalue weighted by atomic mass is 9.79. The number of benzene rings is 1. The first-order valence-electron chi connectivity index (χ1n) is 7.68. The smallest absolute Gasteiger partial charge is 0.131 e. The van der Waals surface area contributed by atoms with E-state index >= 15 is 0 Å². The van der Waals surface area contributed by atoms with E-state index in [0.717, 1.165) is 25.7 Å². The summed E-state index contributed by atoms with van der Waals surface area (Å²) in [6, 6.07) is 5.28. The highest BCUT2D eigenvalue weighted by molar-refractivity contribution is 5.27. The van der Waals surface area contributed by atoms with Crippen LogP contribution in [0.4, 0.5) is 4.39 Å². The van der Waals surface area contributed by atoms with Crippen LogP contribution in [0, 0.1) is 18.7 Å². The van der Waals surface area contributed by atoms with Crippen molar-refractivity contribution in [2.45, 2.75) is 57.2 Å². The third-order valence-corrected chi connectivity index (χ3v) is 5.03. The van der Waals surface area contributed by atoms with Crippen molar-refractivity contribution in [3.05, 3.63) is 35.1 Å². The maximum Gasteiger partial charge on any atom is 0.131 e. The van der Waals surface area contributed by atoms with E-state index in [4.69, 9.17) is 4.74 Å². The molecule has 1 heterocycles. The van der Waals surface area contributed by atoms with Crippen LogP contribution in [0.1, 0.15) is 55.8 Å². The minimum Gasteiger partial charge on any atom is -0.388 e. The first-order valence-corrected chi connectivity index (χ1v) is 7.68. The van der Waals surface area contributed by atoms with Crippen molar-refractivity contribution in [1.29, 1.82) is 0 Å². The van der Waals surface area contributed by atoms with Gasteiger partial charge in [0.15, 0.2) is 0 Å².